The summed E-state index contributed by atoms with van der Waals surface area (Å²) in [4.78, 5) is 20.2. The Hall–Kier alpha value is -3.66. The average Bonchev–Trinajstić information content (AvgIpc) is 2.77. The van der Waals surface area contributed by atoms with Crippen molar-refractivity contribution >= 4 is 27.5 Å². The van der Waals surface area contributed by atoms with Gasteiger partial charge in [-0.3, -0.25) is 9.79 Å². The van der Waals surface area contributed by atoms with Gasteiger partial charge in [0, 0.05) is 24.5 Å². The molecule has 9 nitrogen and oxygen atoms in total. The van der Waals surface area contributed by atoms with Gasteiger partial charge < -0.3 is 11.1 Å². The first-order valence-electron chi connectivity index (χ1n) is 9.53. The Morgan fingerprint density at radius 1 is 1.42 bits per heavy atom. The highest BCUT2D eigenvalue weighted by atomic mass is 32.2. The van der Waals surface area contributed by atoms with Gasteiger partial charge in [-0.15, -0.1) is 0 Å². The molecule has 13 heteroatoms. The fourth-order valence-corrected chi connectivity index (χ4v) is 5.29. The van der Waals surface area contributed by atoms with E-state index in [1.807, 2.05) is 6.07 Å². The minimum Gasteiger partial charge on any atom is -0.369 e. The van der Waals surface area contributed by atoms with Crippen LogP contribution in [0.4, 0.5) is 18.9 Å². The van der Waals surface area contributed by atoms with Crippen LogP contribution in [-0.4, -0.2) is 51.4 Å². The van der Waals surface area contributed by atoms with Gasteiger partial charge in [0.1, 0.15) is 40.6 Å². The molecule has 0 spiro atoms. The van der Waals surface area contributed by atoms with Crippen molar-refractivity contribution in [1.82, 2.24) is 9.29 Å². The van der Waals surface area contributed by atoms with Crippen LogP contribution < -0.4 is 11.1 Å². The summed E-state index contributed by atoms with van der Waals surface area (Å²) < 4.78 is 59.9. The predicted octanol–water partition coefficient (Wildman–Crippen LogP) is 2.43. The molecule has 3 rings (SSSR count). The number of hydrogen-bond acceptors (Lipinski definition) is 6. The quantitative estimate of drug-likeness (QED) is 0.513. The zero-order valence-corrected chi connectivity index (χ0v) is 18.5. The first kappa shape index (κ1) is 24.0. The van der Waals surface area contributed by atoms with Crippen LogP contribution in [0.2, 0.25) is 0 Å². The lowest BCUT2D eigenvalue weighted by Gasteiger charge is -2.34. The molecule has 1 aliphatic heterocycles. The van der Waals surface area contributed by atoms with E-state index in [4.69, 9.17) is 11.0 Å². The number of halogens is 3. The number of rotatable bonds is 4. The topological polar surface area (TPSA) is 137 Å². The lowest BCUT2D eigenvalue weighted by Crippen LogP contribution is -2.52. The van der Waals surface area contributed by atoms with E-state index < -0.39 is 52.4 Å². The molecule has 174 valence electrons. The Balaban J connectivity index is 1.90. The average molecular weight is 479 g/mol. The number of anilines is 1. The van der Waals surface area contributed by atoms with Crippen LogP contribution in [0, 0.1) is 24.1 Å². The van der Waals surface area contributed by atoms with Gasteiger partial charge in [0.15, 0.2) is 0 Å². The van der Waals surface area contributed by atoms with Gasteiger partial charge in [0.05, 0.1) is 11.3 Å². The Morgan fingerprint density at radius 3 is 2.79 bits per heavy atom. The van der Waals surface area contributed by atoms with Crippen molar-refractivity contribution in [1.29, 1.82) is 5.26 Å². The van der Waals surface area contributed by atoms with Gasteiger partial charge >= 0.3 is 0 Å². The smallest absolute Gasteiger partial charge is 0.286 e. The van der Waals surface area contributed by atoms with Crippen LogP contribution in [0.15, 0.2) is 39.8 Å². The molecule has 0 bridgehead atoms. The number of carbonyl (C=O) groups excluding carboxylic acids is 1. The normalized spacial score (nSPS) is 20.0. The monoisotopic (exact) mass is 479 g/mol. The molecule has 1 aromatic carbocycles. The number of amides is 1. The second-order valence-electron chi connectivity index (χ2n) is 7.27. The van der Waals surface area contributed by atoms with Crippen molar-refractivity contribution in [2.45, 2.75) is 18.6 Å². The molecule has 1 atom stereocenters. The Labute approximate surface area is 188 Å². The zero-order valence-electron chi connectivity index (χ0n) is 17.7. The molecule has 1 aliphatic rings. The van der Waals surface area contributed by atoms with Gasteiger partial charge in [0.25, 0.3) is 11.8 Å². The van der Waals surface area contributed by atoms with Crippen LogP contribution in [0.1, 0.15) is 27.2 Å². The van der Waals surface area contributed by atoms with Crippen LogP contribution in [0.25, 0.3) is 0 Å². The lowest BCUT2D eigenvalue weighted by molar-refractivity contribution is 0.000178. The predicted molar refractivity (Wildman–Crippen MR) is 116 cm³/mol. The Kier molecular flexibility index (Phi) is 6.59. The molecule has 0 fully saturated rings. The highest BCUT2D eigenvalue weighted by molar-refractivity contribution is 7.91. The third-order valence-electron chi connectivity index (χ3n) is 4.77. The number of nitrogens with two attached hydrogens (primary N) is 1. The summed E-state index contributed by atoms with van der Waals surface area (Å²) >= 11 is 0. The van der Waals surface area contributed by atoms with Crippen LogP contribution >= 0.6 is 0 Å². The van der Waals surface area contributed by atoms with Crippen molar-refractivity contribution < 1.29 is 22.2 Å². The number of pyridine rings is 1. The third-order valence-corrected chi connectivity index (χ3v) is 7.00. The van der Waals surface area contributed by atoms with Crippen LogP contribution in [0.5, 0.6) is 0 Å². The van der Waals surface area contributed by atoms with E-state index in [2.05, 4.69) is 19.7 Å². The number of hydrogen-bond donors (Lipinski definition) is 2. The first-order chi connectivity index (χ1) is 15.5. The molecule has 0 aliphatic carbocycles. The van der Waals surface area contributed by atoms with E-state index in [0.717, 1.165) is 6.07 Å². The van der Waals surface area contributed by atoms with Gasteiger partial charge in [-0.25, -0.2) is 31.0 Å². The van der Waals surface area contributed by atoms with E-state index in [1.54, 1.807) is 6.92 Å². The fourth-order valence-electron chi connectivity index (χ4n) is 3.12. The van der Waals surface area contributed by atoms with Gasteiger partial charge in [-0.1, -0.05) is 0 Å². The fraction of sp³-hybridized carbons (Fsp3) is 0.300. The van der Waals surface area contributed by atoms with Crippen molar-refractivity contribution in [3.63, 3.8) is 0 Å². The van der Waals surface area contributed by atoms with E-state index in [0.29, 0.717) is 9.87 Å². The van der Waals surface area contributed by atoms with Crippen molar-refractivity contribution in [3.05, 3.63) is 58.7 Å². The molecule has 33 heavy (non-hydrogen) atoms. The first-order valence-corrected chi connectivity index (χ1v) is 11.2. The van der Waals surface area contributed by atoms with E-state index >= 15 is 0 Å². The van der Waals surface area contributed by atoms with Gasteiger partial charge in [-0.05, 0) is 36.8 Å². The maximum Gasteiger partial charge on any atom is 0.286 e. The van der Waals surface area contributed by atoms with E-state index in [9.17, 15) is 22.2 Å². The summed E-state index contributed by atoms with van der Waals surface area (Å²) in [6, 6.07) is 6.99. The van der Waals surface area contributed by atoms with Crippen molar-refractivity contribution in [2.75, 3.05) is 25.5 Å². The molecule has 0 saturated heterocycles. The molecule has 2 heterocycles. The van der Waals surface area contributed by atoms with E-state index in [-0.39, 0.29) is 22.5 Å². The summed E-state index contributed by atoms with van der Waals surface area (Å²) in [5, 5.41) is 11.5. The molecule has 0 radical (unpaired) electrons. The second kappa shape index (κ2) is 9.07. The second-order valence-corrected chi connectivity index (χ2v) is 9.48. The molecule has 0 saturated carbocycles. The highest BCUT2D eigenvalue weighted by Gasteiger charge is 2.41. The third kappa shape index (κ3) is 5.23. The molecule has 3 N–H and O–H groups in total. The number of alkyl halides is 2. The van der Waals surface area contributed by atoms with Crippen molar-refractivity contribution in [2.24, 2.45) is 15.1 Å². The molecule has 1 amide bonds. The number of benzene rings is 1. The number of nitrogens with one attached hydrogen (secondary N) is 1. The SMILES string of the molecule is C/N=C(/N)N1CC(F)(F)CN=S1(=O)Cc1cc(NC(=O)c2ncc(C#N)cc2C)ccc1F. The largest absolute Gasteiger partial charge is 0.369 e. The lowest BCUT2D eigenvalue weighted by atomic mass is 10.1. The minimum absolute atomic E-state index is 0.0633. The zero-order chi connectivity index (χ0) is 24.4. The standard InChI is InChI=1S/C20H20F3N7O2S/c1-12-5-13(7-24)8-27-17(12)18(31)29-15-3-4-16(21)14(6-15)9-33(32)28-10-20(22,23)11-30(33)19(25)26-2/h3-6,8H,9-11H2,1-2H3,(H2,25,26)(H,29,31). The van der Waals surface area contributed by atoms with Gasteiger partial charge in [-0.2, -0.15) is 5.26 Å². The summed E-state index contributed by atoms with van der Waals surface area (Å²) in [7, 11) is -2.33. The van der Waals surface area contributed by atoms with E-state index in [1.165, 1.54) is 31.4 Å². The summed E-state index contributed by atoms with van der Waals surface area (Å²) in [6.07, 6.45) is 1.25. The molecular weight excluding hydrogens is 459 g/mol. The molecule has 2 aromatic rings. The summed E-state index contributed by atoms with van der Waals surface area (Å²) in [5.41, 5.74) is 6.51. The van der Waals surface area contributed by atoms with Crippen molar-refractivity contribution in [3.8, 4) is 6.07 Å². The highest BCUT2D eigenvalue weighted by Crippen LogP contribution is 2.28. The summed E-state index contributed by atoms with van der Waals surface area (Å²) in [5.74, 6) is -5.59. The summed E-state index contributed by atoms with van der Waals surface area (Å²) in [6.45, 7) is -0.362. The van der Waals surface area contributed by atoms with Crippen LogP contribution in [0.3, 0.4) is 0 Å². The molecule has 1 aromatic heterocycles. The molecular formula is C20H20F3N7O2S. The minimum atomic E-state index is -3.57. The number of aryl methyl sites for hydroxylation is 1. The number of aromatic nitrogens is 1. The molecule has 1 unspecified atom stereocenters. The maximum absolute atomic E-state index is 14.5. The van der Waals surface area contributed by atoms with Crippen LogP contribution in [-0.2, 0) is 15.7 Å². The Morgan fingerprint density at radius 2 is 2.15 bits per heavy atom. The Bertz CT molecular complexity index is 1300. The van der Waals surface area contributed by atoms with Gasteiger partial charge in [0.2, 0.25) is 5.96 Å². The number of nitrogens with zero attached hydrogens (tertiary/aromatic N) is 5. The number of aliphatic imine (C=N–C) groups is 1. The maximum atomic E-state index is 14.5. The number of guanidine groups is 1. The number of carbonyl (C=O) groups is 1. The number of nitriles is 1.